The van der Waals surface area contributed by atoms with Crippen LogP contribution in [0.1, 0.15) is 31.4 Å². The van der Waals surface area contributed by atoms with Gasteiger partial charge < -0.3 is 9.73 Å². The number of nitrogens with one attached hydrogen (secondary N) is 1. The maximum Gasteiger partial charge on any atom is 0.117 e. The SMILES string of the molecule is CN(Cc1ccco1)CC1CCCCCN1. The predicted molar refractivity (Wildman–Crippen MR) is 65.3 cm³/mol. The summed E-state index contributed by atoms with van der Waals surface area (Å²) < 4.78 is 5.36. The first-order valence-corrected chi connectivity index (χ1v) is 6.29. The molecule has 1 saturated heterocycles. The van der Waals surface area contributed by atoms with Crippen LogP contribution in [0.2, 0.25) is 0 Å². The zero-order valence-corrected chi connectivity index (χ0v) is 10.1. The highest BCUT2D eigenvalue weighted by molar-refractivity contribution is 4.97. The van der Waals surface area contributed by atoms with Gasteiger partial charge in [-0.05, 0) is 38.6 Å². The minimum Gasteiger partial charge on any atom is -0.468 e. The molecule has 0 radical (unpaired) electrons. The molecule has 0 aromatic carbocycles. The third kappa shape index (κ3) is 3.65. The molecule has 0 aliphatic carbocycles. The molecule has 1 fully saturated rings. The van der Waals surface area contributed by atoms with E-state index in [4.69, 9.17) is 4.42 Å². The Morgan fingerprint density at radius 1 is 1.44 bits per heavy atom. The second-order valence-corrected chi connectivity index (χ2v) is 4.78. The van der Waals surface area contributed by atoms with E-state index in [-0.39, 0.29) is 0 Å². The van der Waals surface area contributed by atoms with Gasteiger partial charge in [0.05, 0.1) is 12.8 Å². The van der Waals surface area contributed by atoms with Crippen molar-refractivity contribution in [3.63, 3.8) is 0 Å². The molecule has 1 aromatic heterocycles. The summed E-state index contributed by atoms with van der Waals surface area (Å²) >= 11 is 0. The fourth-order valence-electron chi connectivity index (χ4n) is 2.37. The molecule has 90 valence electrons. The molecule has 2 rings (SSSR count). The summed E-state index contributed by atoms with van der Waals surface area (Å²) in [5.74, 6) is 1.05. The van der Waals surface area contributed by atoms with Crippen LogP contribution in [0.3, 0.4) is 0 Å². The largest absolute Gasteiger partial charge is 0.468 e. The number of hydrogen-bond acceptors (Lipinski definition) is 3. The maximum absolute atomic E-state index is 5.36. The van der Waals surface area contributed by atoms with E-state index in [1.54, 1.807) is 6.26 Å². The van der Waals surface area contributed by atoms with E-state index in [1.165, 1.54) is 32.2 Å². The zero-order valence-electron chi connectivity index (χ0n) is 10.1. The number of likely N-dealkylation sites (N-methyl/N-ethyl adjacent to an activating group) is 1. The Morgan fingerprint density at radius 2 is 2.38 bits per heavy atom. The summed E-state index contributed by atoms with van der Waals surface area (Å²) in [6, 6.07) is 4.65. The van der Waals surface area contributed by atoms with Crippen molar-refractivity contribution in [1.82, 2.24) is 10.2 Å². The first-order valence-electron chi connectivity index (χ1n) is 6.29. The molecule has 2 heterocycles. The summed E-state index contributed by atoms with van der Waals surface area (Å²) in [5, 5.41) is 3.62. The van der Waals surface area contributed by atoms with Gasteiger partial charge >= 0.3 is 0 Å². The van der Waals surface area contributed by atoms with Gasteiger partial charge in [-0.3, -0.25) is 4.90 Å². The van der Waals surface area contributed by atoms with Crippen molar-refractivity contribution in [1.29, 1.82) is 0 Å². The molecule has 1 aromatic rings. The van der Waals surface area contributed by atoms with Gasteiger partial charge in [0.25, 0.3) is 0 Å². The third-order valence-electron chi connectivity index (χ3n) is 3.20. The minimum absolute atomic E-state index is 0.655. The van der Waals surface area contributed by atoms with E-state index in [9.17, 15) is 0 Å². The Balaban J connectivity index is 1.75. The average molecular weight is 222 g/mol. The van der Waals surface area contributed by atoms with Crippen molar-refractivity contribution >= 4 is 0 Å². The molecule has 16 heavy (non-hydrogen) atoms. The van der Waals surface area contributed by atoms with Crippen LogP contribution in [0.5, 0.6) is 0 Å². The molecule has 0 bridgehead atoms. The van der Waals surface area contributed by atoms with E-state index in [0.29, 0.717) is 6.04 Å². The summed E-state index contributed by atoms with van der Waals surface area (Å²) in [5.41, 5.74) is 0. The highest BCUT2D eigenvalue weighted by atomic mass is 16.3. The number of nitrogens with zero attached hydrogens (tertiary/aromatic N) is 1. The summed E-state index contributed by atoms with van der Waals surface area (Å²) in [7, 11) is 2.16. The molecule has 0 spiro atoms. The topological polar surface area (TPSA) is 28.4 Å². The molecule has 1 unspecified atom stereocenters. The first kappa shape index (κ1) is 11.7. The van der Waals surface area contributed by atoms with E-state index in [1.807, 2.05) is 12.1 Å². The molecule has 1 atom stereocenters. The molecular formula is C13H22N2O. The van der Waals surface area contributed by atoms with Crippen LogP contribution in [-0.2, 0) is 6.54 Å². The van der Waals surface area contributed by atoms with Gasteiger partial charge in [0.2, 0.25) is 0 Å². The lowest BCUT2D eigenvalue weighted by Gasteiger charge is -2.22. The molecule has 0 amide bonds. The molecule has 1 N–H and O–H groups in total. The number of hydrogen-bond donors (Lipinski definition) is 1. The van der Waals surface area contributed by atoms with Crippen LogP contribution in [0.4, 0.5) is 0 Å². The minimum atomic E-state index is 0.655. The summed E-state index contributed by atoms with van der Waals surface area (Å²) in [6.07, 6.45) is 7.13. The van der Waals surface area contributed by atoms with Crippen molar-refractivity contribution in [2.45, 2.75) is 38.3 Å². The number of rotatable bonds is 4. The Bertz CT molecular complexity index is 276. The van der Waals surface area contributed by atoms with Crippen LogP contribution < -0.4 is 5.32 Å². The molecule has 0 saturated carbocycles. The predicted octanol–water partition coefficient (Wildman–Crippen LogP) is 2.24. The maximum atomic E-state index is 5.36. The van der Waals surface area contributed by atoms with Gasteiger partial charge in [-0.2, -0.15) is 0 Å². The van der Waals surface area contributed by atoms with Crippen LogP contribution in [0.25, 0.3) is 0 Å². The molecule has 1 aliphatic rings. The molecule has 3 nitrogen and oxygen atoms in total. The summed E-state index contributed by atoms with van der Waals surface area (Å²) in [4.78, 5) is 2.34. The highest BCUT2D eigenvalue weighted by Gasteiger charge is 2.14. The zero-order chi connectivity index (χ0) is 11.2. The fraction of sp³-hybridized carbons (Fsp3) is 0.692. The van der Waals surface area contributed by atoms with Crippen LogP contribution in [0.15, 0.2) is 22.8 Å². The lowest BCUT2D eigenvalue weighted by Crippen LogP contribution is -2.38. The quantitative estimate of drug-likeness (QED) is 0.847. The van der Waals surface area contributed by atoms with Crippen molar-refractivity contribution in [3.8, 4) is 0 Å². The first-order chi connectivity index (χ1) is 7.84. The van der Waals surface area contributed by atoms with Crippen LogP contribution in [-0.4, -0.2) is 31.1 Å². The van der Waals surface area contributed by atoms with Gasteiger partial charge in [-0.15, -0.1) is 0 Å². The van der Waals surface area contributed by atoms with Crippen LogP contribution in [0, 0.1) is 0 Å². The van der Waals surface area contributed by atoms with Crippen molar-refractivity contribution < 1.29 is 4.42 Å². The Hall–Kier alpha value is -0.800. The second-order valence-electron chi connectivity index (χ2n) is 4.78. The van der Waals surface area contributed by atoms with Crippen molar-refractivity contribution in [3.05, 3.63) is 24.2 Å². The molecule has 1 aliphatic heterocycles. The smallest absolute Gasteiger partial charge is 0.117 e. The lowest BCUT2D eigenvalue weighted by atomic mass is 10.1. The van der Waals surface area contributed by atoms with Gasteiger partial charge in [-0.25, -0.2) is 0 Å². The van der Waals surface area contributed by atoms with Gasteiger partial charge in [-0.1, -0.05) is 12.8 Å². The second kappa shape index (κ2) is 6.06. The highest BCUT2D eigenvalue weighted by Crippen LogP contribution is 2.10. The van der Waals surface area contributed by atoms with Gasteiger partial charge in [0.15, 0.2) is 0 Å². The molecule has 3 heteroatoms. The van der Waals surface area contributed by atoms with Gasteiger partial charge in [0.1, 0.15) is 5.76 Å². The fourth-order valence-corrected chi connectivity index (χ4v) is 2.37. The van der Waals surface area contributed by atoms with Crippen molar-refractivity contribution in [2.75, 3.05) is 20.1 Å². The van der Waals surface area contributed by atoms with E-state index >= 15 is 0 Å². The van der Waals surface area contributed by atoms with Crippen molar-refractivity contribution in [2.24, 2.45) is 0 Å². The third-order valence-corrected chi connectivity index (χ3v) is 3.20. The van der Waals surface area contributed by atoms with E-state index in [2.05, 4.69) is 17.3 Å². The standard InChI is InChI=1S/C13H22N2O/c1-15(11-13-7-5-9-16-13)10-12-6-3-2-4-8-14-12/h5,7,9,12,14H,2-4,6,8,10-11H2,1H3. The Morgan fingerprint density at radius 3 is 3.19 bits per heavy atom. The monoisotopic (exact) mass is 222 g/mol. The number of furan rings is 1. The Labute approximate surface area is 97.8 Å². The lowest BCUT2D eigenvalue weighted by molar-refractivity contribution is 0.258. The molecular weight excluding hydrogens is 200 g/mol. The average Bonchev–Trinajstić information content (AvgIpc) is 2.62. The van der Waals surface area contributed by atoms with Crippen LogP contribution >= 0.6 is 0 Å². The van der Waals surface area contributed by atoms with E-state index in [0.717, 1.165) is 18.8 Å². The van der Waals surface area contributed by atoms with E-state index < -0.39 is 0 Å². The normalized spacial score (nSPS) is 22.2. The summed E-state index contributed by atoms with van der Waals surface area (Å²) in [6.45, 7) is 3.20. The van der Waals surface area contributed by atoms with Gasteiger partial charge in [0, 0.05) is 12.6 Å². The Kier molecular flexibility index (Phi) is 4.43.